The lowest BCUT2D eigenvalue weighted by atomic mass is 9.91. The summed E-state index contributed by atoms with van der Waals surface area (Å²) in [7, 11) is 0. The molecule has 0 bridgehead atoms. The number of amides is 1. The van der Waals surface area contributed by atoms with E-state index in [2.05, 4.69) is 15.5 Å². The van der Waals surface area contributed by atoms with Gasteiger partial charge in [-0.2, -0.15) is 13.2 Å². The molecule has 0 atom stereocenters. The fraction of sp³-hybridized carbons (Fsp3) is 0.474. The number of H-pyrrole nitrogens is 1. The molecule has 2 aliphatic rings. The van der Waals surface area contributed by atoms with E-state index in [0.29, 0.717) is 30.6 Å². The zero-order valence-electron chi connectivity index (χ0n) is 16.4. The van der Waals surface area contributed by atoms with Crippen molar-refractivity contribution in [1.29, 1.82) is 0 Å². The maximum absolute atomic E-state index is 12.9. The van der Waals surface area contributed by atoms with Crippen molar-refractivity contribution in [3.05, 3.63) is 51.3 Å². The molecule has 1 saturated heterocycles. The van der Waals surface area contributed by atoms with E-state index in [1.54, 1.807) is 11.1 Å². The van der Waals surface area contributed by atoms with Crippen LogP contribution in [0.25, 0.3) is 0 Å². The topological polar surface area (TPSA) is 129 Å². The molecule has 0 unspecified atom stereocenters. The molecule has 4 heterocycles. The largest absolute Gasteiger partial charge is 0.490 e. The van der Waals surface area contributed by atoms with E-state index in [-0.39, 0.29) is 17.4 Å². The Morgan fingerprint density at radius 2 is 1.94 bits per heavy atom. The number of aliphatic carboxylic acids is 1. The van der Waals surface area contributed by atoms with Gasteiger partial charge in [-0.25, -0.2) is 4.79 Å². The van der Waals surface area contributed by atoms with E-state index in [9.17, 15) is 22.8 Å². The highest BCUT2D eigenvalue weighted by atomic mass is 19.4. The number of carboxylic acid groups (broad SMARTS) is 1. The normalized spacial score (nSPS) is 16.8. The third-order valence-corrected chi connectivity index (χ3v) is 5.24. The first-order valence-corrected chi connectivity index (χ1v) is 9.62. The van der Waals surface area contributed by atoms with Crippen molar-refractivity contribution in [3.63, 3.8) is 0 Å². The van der Waals surface area contributed by atoms with E-state index in [4.69, 9.17) is 14.4 Å². The quantitative estimate of drug-likeness (QED) is 0.645. The molecule has 0 aliphatic carbocycles. The fourth-order valence-corrected chi connectivity index (χ4v) is 3.62. The van der Waals surface area contributed by atoms with Gasteiger partial charge in [-0.3, -0.25) is 9.59 Å². The molecule has 31 heavy (non-hydrogen) atoms. The summed E-state index contributed by atoms with van der Waals surface area (Å²) >= 11 is 0. The van der Waals surface area contributed by atoms with Crippen LogP contribution >= 0.6 is 0 Å². The van der Waals surface area contributed by atoms with Gasteiger partial charge in [0.2, 0.25) is 0 Å². The Balaban J connectivity index is 0.000000339. The Morgan fingerprint density at radius 3 is 2.58 bits per heavy atom. The van der Waals surface area contributed by atoms with Gasteiger partial charge in [0.15, 0.2) is 0 Å². The first-order valence-electron chi connectivity index (χ1n) is 9.62. The Morgan fingerprint density at radius 1 is 1.26 bits per heavy atom. The second kappa shape index (κ2) is 9.33. The van der Waals surface area contributed by atoms with Gasteiger partial charge in [0.05, 0.1) is 12.2 Å². The van der Waals surface area contributed by atoms with Crippen LogP contribution < -0.4 is 10.9 Å². The van der Waals surface area contributed by atoms with Crippen LogP contribution in [-0.4, -0.2) is 57.8 Å². The van der Waals surface area contributed by atoms with Crippen molar-refractivity contribution in [3.8, 4) is 0 Å². The lowest BCUT2D eigenvalue weighted by molar-refractivity contribution is -0.192. The minimum absolute atomic E-state index is 0.0984. The Kier molecular flexibility index (Phi) is 6.78. The standard InChI is InChI=1S/C17H20N4O3.C2HF3O2/c22-16-13-9-21(8-4-11(13)3-7-19-16)17(23)14-10-24-20-15(14)12-1-5-18-6-2-12;3-2(4,5)1(6)7/h3,7,10,12,18H,1-2,4-6,8-9H2,(H,19,22);(H,6,7). The highest BCUT2D eigenvalue weighted by molar-refractivity contribution is 5.95. The van der Waals surface area contributed by atoms with E-state index < -0.39 is 12.1 Å². The minimum Gasteiger partial charge on any atom is -0.475 e. The molecule has 3 N–H and O–H groups in total. The molecular formula is C19H21F3N4O5. The molecule has 12 heteroatoms. The molecule has 2 aliphatic heterocycles. The Labute approximate surface area is 174 Å². The van der Waals surface area contributed by atoms with Crippen molar-refractivity contribution >= 4 is 11.9 Å². The summed E-state index contributed by atoms with van der Waals surface area (Å²) in [5.74, 6) is -2.60. The number of carbonyl (C=O) groups is 2. The van der Waals surface area contributed by atoms with Gasteiger partial charge in [0.1, 0.15) is 11.8 Å². The average Bonchev–Trinajstić information content (AvgIpc) is 3.24. The predicted octanol–water partition coefficient (Wildman–Crippen LogP) is 1.66. The minimum atomic E-state index is -5.08. The van der Waals surface area contributed by atoms with Gasteiger partial charge in [-0.1, -0.05) is 5.16 Å². The number of piperidine rings is 1. The lowest BCUT2D eigenvalue weighted by Crippen LogP contribution is -2.39. The second-order valence-electron chi connectivity index (χ2n) is 7.23. The predicted molar refractivity (Wildman–Crippen MR) is 101 cm³/mol. The lowest BCUT2D eigenvalue weighted by Gasteiger charge is -2.28. The highest BCUT2D eigenvalue weighted by Crippen LogP contribution is 2.28. The van der Waals surface area contributed by atoms with E-state index in [1.807, 2.05) is 6.07 Å². The number of carbonyl (C=O) groups excluding carboxylic acids is 1. The molecule has 0 radical (unpaired) electrons. The monoisotopic (exact) mass is 442 g/mol. The molecule has 1 fully saturated rings. The van der Waals surface area contributed by atoms with E-state index in [0.717, 1.165) is 37.2 Å². The van der Waals surface area contributed by atoms with Crippen molar-refractivity contribution in [2.45, 2.75) is 37.9 Å². The SMILES string of the molecule is O=C(O)C(F)(F)F.O=C(c1conc1C1CCNCC1)N1CCc2cc[nH]c(=O)c2C1. The summed E-state index contributed by atoms with van der Waals surface area (Å²) in [4.78, 5) is 38.2. The number of fused-ring (bicyclic) bond motifs is 1. The van der Waals surface area contributed by atoms with Crippen molar-refractivity contribution in [2.75, 3.05) is 19.6 Å². The summed E-state index contributed by atoms with van der Waals surface area (Å²) in [5, 5.41) is 14.5. The second-order valence-corrected chi connectivity index (χ2v) is 7.23. The number of hydrogen-bond acceptors (Lipinski definition) is 6. The van der Waals surface area contributed by atoms with Gasteiger partial charge >= 0.3 is 12.1 Å². The number of halogens is 3. The van der Waals surface area contributed by atoms with Gasteiger partial charge in [0, 0.05) is 24.2 Å². The fourth-order valence-electron chi connectivity index (χ4n) is 3.62. The molecule has 4 rings (SSSR count). The van der Waals surface area contributed by atoms with Crippen LogP contribution in [0.15, 0.2) is 27.8 Å². The van der Waals surface area contributed by atoms with E-state index >= 15 is 0 Å². The number of hydrogen-bond donors (Lipinski definition) is 3. The van der Waals surface area contributed by atoms with Crippen LogP contribution in [0.3, 0.4) is 0 Å². The molecular weight excluding hydrogens is 421 g/mol. The van der Waals surface area contributed by atoms with Gasteiger partial charge in [-0.05, 0) is 44.0 Å². The smallest absolute Gasteiger partial charge is 0.475 e. The number of alkyl halides is 3. The van der Waals surface area contributed by atoms with Crippen molar-refractivity contribution in [1.82, 2.24) is 20.4 Å². The number of rotatable bonds is 2. The molecule has 168 valence electrons. The Hall–Kier alpha value is -3.15. The third kappa shape index (κ3) is 5.32. The number of aromatic nitrogens is 2. The first kappa shape index (κ1) is 22.5. The third-order valence-electron chi connectivity index (χ3n) is 5.24. The van der Waals surface area contributed by atoms with Gasteiger partial charge in [-0.15, -0.1) is 0 Å². The first-order chi connectivity index (χ1) is 14.7. The van der Waals surface area contributed by atoms with Crippen molar-refractivity contribution < 1.29 is 32.4 Å². The van der Waals surface area contributed by atoms with Crippen LogP contribution in [0.4, 0.5) is 13.2 Å². The van der Waals surface area contributed by atoms with Crippen LogP contribution in [0.2, 0.25) is 0 Å². The number of pyridine rings is 1. The Bertz CT molecular complexity index is 995. The molecule has 0 saturated carbocycles. The maximum atomic E-state index is 12.9. The summed E-state index contributed by atoms with van der Waals surface area (Å²) in [6.45, 7) is 2.79. The molecule has 0 spiro atoms. The average molecular weight is 442 g/mol. The maximum Gasteiger partial charge on any atom is 0.490 e. The molecule has 0 aromatic carbocycles. The number of aromatic amines is 1. The summed E-state index contributed by atoms with van der Waals surface area (Å²) in [6, 6.07) is 1.92. The van der Waals surface area contributed by atoms with Gasteiger partial charge in [0.25, 0.3) is 11.5 Å². The molecule has 2 aromatic heterocycles. The molecule has 1 amide bonds. The number of nitrogens with one attached hydrogen (secondary N) is 2. The number of nitrogens with zero attached hydrogens (tertiary/aromatic N) is 2. The van der Waals surface area contributed by atoms with Gasteiger partial charge < -0.3 is 24.8 Å². The molecule has 2 aromatic rings. The summed E-state index contributed by atoms with van der Waals surface area (Å²) in [5.41, 5.74) is 2.88. The van der Waals surface area contributed by atoms with Crippen LogP contribution in [0.5, 0.6) is 0 Å². The highest BCUT2D eigenvalue weighted by Gasteiger charge is 2.38. The van der Waals surface area contributed by atoms with Crippen LogP contribution in [-0.2, 0) is 17.8 Å². The van der Waals surface area contributed by atoms with Crippen LogP contribution in [0, 0.1) is 0 Å². The zero-order valence-corrected chi connectivity index (χ0v) is 16.4. The van der Waals surface area contributed by atoms with Crippen molar-refractivity contribution in [2.24, 2.45) is 0 Å². The summed E-state index contributed by atoms with van der Waals surface area (Å²) in [6.07, 6.45) is 0.627. The molecule has 9 nitrogen and oxygen atoms in total. The summed E-state index contributed by atoms with van der Waals surface area (Å²) < 4.78 is 36.9. The van der Waals surface area contributed by atoms with Crippen LogP contribution in [0.1, 0.15) is 45.9 Å². The number of carboxylic acids is 1. The zero-order chi connectivity index (χ0) is 22.6. The van der Waals surface area contributed by atoms with E-state index in [1.165, 1.54) is 6.26 Å².